The van der Waals surface area contributed by atoms with Gasteiger partial charge in [0.1, 0.15) is 5.75 Å². The Balaban J connectivity index is 1.43. The molecule has 0 bridgehead atoms. The maximum absolute atomic E-state index is 12.3. The van der Waals surface area contributed by atoms with Gasteiger partial charge in [-0.1, -0.05) is 36.4 Å². The maximum atomic E-state index is 12.3. The summed E-state index contributed by atoms with van der Waals surface area (Å²) in [6, 6.07) is 17.1. The van der Waals surface area contributed by atoms with Crippen molar-refractivity contribution in [1.29, 1.82) is 0 Å². The first kappa shape index (κ1) is 16.0. The number of methoxy groups -OCH3 is 1. The summed E-state index contributed by atoms with van der Waals surface area (Å²) < 4.78 is 5.20. The molecule has 2 fully saturated rings. The maximum Gasteiger partial charge on any atom is 0.318 e. The first-order chi connectivity index (χ1) is 12.2. The van der Waals surface area contributed by atoms with E-state index in [0.717, 1.165) is 18.1 Å². The van der Waals surface area contributed by atoms with E-state index in [-0.39, 0.29) is 12.1 Å². The molecule has 0 spiro atoms. The van der Waals surface area contributed by atoms with E-state index in [1.165, 1.54) is 29.5 Å². The van der Waals surface area contributed by atoms with E-state index >= 15 is 0 Å². The number of amides is 2. The molecule has 4 heteroatoms. The number of ether oxygens (including phenoxy) is 1. The third-order valence-electron chi connectivity index (χ3n) is 5.25. The molecule has 1 aliphatic carbocycles. The molecule has 1 unspecified atom stereocenters. The van der Waals surface area contributed by atoms with Crippen LogP contribution < -0.4 is 10.1 Å². The number of hydrogen-bond acceptors (Lipinski definition) is 2. The zero-order valence-electron chi connectivity index (χ0n) is 14.6. The van der Waals surface area contributed by atoms with Gasteiger partial charge < -0.3 is 15.0 Å². The molecule has 2 aliphatic rings. The van der Waals surface area contributed by atoms with Crippen molar-refractivity contribution >= 4 is 6.03 Å². The van der Waals surface area contributed by atoms with Crippen molar-refractivity contribution in [3.8, 4) is 5.75 Å². The number of hydrogen-bond donors (Lipinski definition) is 1. The van der Waals surface area contributed by atoms with E-state index in [1.54, 1.807) is 7.11 Å². The lowest BCUT2D eigenvalue weighted by Gasteiger charge is -2.23. The number of nitrogens with zero attached hydrogens (tertiary/aromatic N) is 1. The normalized spacial score (nSPS) is 19.8. The minimum atomic E-state index is 0.0322. The van der Waals surface area contributed by atoms with Crippen molar-refractivity contribution < 1.29 is 9.53 Å². The molecule has 4 nitrogen and oxygen atoms in total. The summed E-state index contributed by atoms with van der Waals surface area (Å²) in [6.07, 6.45) is 3.47. The van der Waals surface area contributed by atoms with Crippen LogP contribution in [0.3, 0.4) is 0 Å². The van der Waals surface area contributed by atoms with Crippen LogP contribution in [0.15, 0.2) is 48.5 Å². The van der Waals surface area contributed by atoms with E-state index in [2.05, 4.69) is 41.7 Å². The van der Waals surface area contributed by atoms with Gasteiger partial charge in [-0.2, -0.15) is 0 Å². The summed E-state index contributed by atoms with van der Waals surface area (Å²) >= 11 is 0. The molecule has 130 valence electrons. The fraction of sp³-hybridized carbons (Fsp3) is 0.381. The standard InChI is InChI=1S/C21H24N2O2/c1-25-19-10-2-15(3-11-19)12-13-23-20(14-22-21(23)24)18-8-6-17(7-9-18)16-4-5-16/h2-3,6-11,16,20H,4-5,12-14H2,1H3,(H,22,24). The molecule has 0 radical (unpaired) electrons. The highest BCUT2D eigenvalue weighted by Crippen LogP contribution is 2.40. The van der Waals surface area contributed by atoms with Gasteiger partial charge in [-0.25, -0.2) is 4.79 Å². The molecule has 1 N–H and O–H groups in total. The van der Waals surface area contributed by atoms with E-state index in [4.69, 9.17) is 4.74 Å². The van der Waals surface area contributed by atoms with Crippen LogP contribution in [0.25, 0.3) is 0 Å². The van der Waals surface area contributed by atoms with Gasteiger partial charge in [0, 0.05) is 13.1 Å². The average molecular weight is 336 g/mol. The van der Waals surface area contributed by atoms with Gasteiger partial charge in [-0.05, 0) is 54.0 Å². The van der Waals surface area contributed by atoms with Gasteiger partial charge in [0.25, 0.3) is 0 Å². The number of benzene rings is 2. The Morgan fingerprint density at radius 1 is 1.04 bits per heavy atom. The third kappa shape index (κ3) is 3.48. The van der Waals surface area contributed by atoms with E-state index in [0.29, 0.717) is 13.1 Å². The second-order valence-corrected chi connectivity index (χ2v) is 6.93. The van der Waals surface area contributed by atoms with Gasteiger partial charge in [0.05, 0.1) is 13.2 Å². The van der Waals surface area contributed by atoms with Crippen molar-refractivity contribution in [3.05, 3.63) is 65.2 Å². The van der Waals surface area contributed by atoms with Crippen LogP contribution in [0, 0.1) is 0 Å². The summed E-state index contributed by atoms with van der Waals surface area (Å²) in [7, 11) is 1.67. The molecule has 2 aromatic rings. The van der Waals surface area contributed by atoms with Crippen molar-refractivity contribution in [2.24, 2.45) is 0 Å². The highest BCUT2D eigenvalue weighted by atomic mass is 16.5. The van der Waals surface area contributed by atoms with Crippen LogP contribution >= 0.6 is 0 Å². The molecule has 4 rings (SSSR count). The molecule has 1 atom stereocenters. The monoisotopic (exact) mass is 336 g/mol. The van der Waals surface area contributed by atoms with Crippen LogP contribution in [0.1, 0.15) is 41.5 Å². The van der Waals surface area contributed by atoms with E-state index < -0.39 is 0 Å². The zero-order valence-corrected chi connectivity index (χ0v) is 14.6. The number of rotatable bonds is 6. The van der Waals surface area contributed by atoms with Gasteiger partial charge in [0.2, 0.25) is 0 Å². The largest absolute Gasteiger partial charge is 0.497 e. The lowest BCUT2D eigenvalue weighted by Crippen LogP contribution is -2.31. The number of urea groups is 1. The molecular formula is C21H24N2O2. The van der Waals surface area contributed by atoms with Crippen LogP contribution in [0.5, 0.6) is 5.75 Å². The van der Waals surface area contributed by atoms with Gasteiger partial charge in [0.15, 0.2) is 0 Å². The molecular weight excluding hydrogens is 312 g/mol. The lowest BCUT2D eigenvalue weighted by molar-refractivity contribution is 0.205. The molecule has 1 aliphatic heterocycles. The Kier molecular flexibility index (Phi) is 4.35. The van der Waals surface area contributed by atoms with Crippen molar-refractivity contribution in [2.75, 3.05) is 20.2 Å². The molecule has 2 amide bonds. The molecule has 1 saturated heterocycles. The van der Waals surface area contributed by atoms with Crippen molar-refractivity contribution in [3.63, 3.8) is 0 Å². The predicted octanol–water partition coefficient (Wildman–Crippen LogP) is 3.88. The summed E-state index contributed by atoms with van der Waals surface area (Å²) in [5.41, 5.74) is 3.87. The van der Waals surface area contributed by atoms with Crippen LogP contribution in [-0.4, -0.2) is 31.1 Å². The fourth-order valence-electron chi connectivity index (χ4n) is 3.54. The van der Waals surface area contributed by atoms with Crippen molar-refractivity contribution in [2.45, 2.75) is 31.2 Å². The lowest BCUT2D eigenvalue weighted by atomic mass is 10.0. The second-order valence-electron chi connectivity index (χ2n) is 6.93. The third-order valence-corrected chi connectivity index (χ3v) is 5.25. The summed E-state index contributed by atoms with van der Waals surface area (Å²) in [5, 5.41) is 2.99. The summed E-state index contributed by atoms with van der Waals surface area (Å²) in [4.78, 5) is 14.2. The number of carbonyl (C=O) groups excluding carboxylic acids is 1. The Hall–Kier alpha value is -2.49. The summed E-state index contributed by atoms with van der Waals surface area (Å²) in [6.45, 7) is 1.40. The first-order valence-electron chi connectivity index (χ1n) is 9.02. The van der Waals surface area contributed by atoms with Crippen LogP contribution in [-0.2, 0) is 6.42 Å². The number of nitrogens with one attached hydrogen (secondary N) is 1. The molecule has 2 aromatic carbocycles. The minimum Gasteiger partial charge on any atom is -0.497 e. The highest BCUT2D eigenvalue weighted by Gasteiger charge is 2.31. The van der Waals surface area contributed by atoms with Gasteiger partial charge in [-0.3, -0.25) is 0 Å². The highest BCUT2D eigenvalue weighted by molar-refractivity contribution is 5.77. The Labute approximate surface area is 148 Å². The molecule has 1 saturated carbocycles. The van der Waals surface area contributed by atoms with E-state index in [9.17, 15) is 4.79 Å². The number of carbonyl (C=O) groups is 1. The van der Waals surface area contributed by atoms with E-state index in [1.807, 2.05) is 17.0 Å². The minimum absolute atomic E-state index is 0.0322. The zero-order chi connectivity index (χ0) is 17.2. The molecule has 0 aromatic heterocycles. The van der Waals surface area contributed by atoms with Crippen LogP contribution in [0.2, 0.25) is 0 Å². The smallest absolute Gasteiger partial charge is 0.318 e. The average Bonchev–Trinajstić information content (AvgIpc) is 3.44. The summed E-state index contributed by atoms with van der Waals surface area (Å²) in [5.74, 6) is 1.62. The van der Waals surface area contributed by atoms with Gasteiger partial charge in [-0.15, -0.1) is 0 Å². The SMILES string of the molecule is COc1ccc(CCN2C(=O)NCC2c2ccc(C3CC3)cc2)cc1. The molecule has 25 heavy (non-hydrogen) atoms. The van der Waals surface area contributed by atoms with Crippen molar-refractivity contribution in [1.82, 2.24) is 10.2 Å². The predicted molar refractivity (Wildman–Crippen MR) is 98.0 cm³/mol. The first-order valence-corrected chi connectivity index (χ1v) is 9.02. The topological polar surface area (TPSA) is 41.6 Å². The quantitative estimate of drug-likeness (QED) is 0.870. The Morgan fingerprint density at radius 2 is 1.72 bits per heavy atom. The second kappa shape index (κ2) is 6.79. The van der Waals surface area contributed by atoms with Crippen LogP contribution in [0.4, 0.5) is 4.79 Å². The van der Waals surface area contributed by atoms with Gasteiger partial charge >= 0.3 is 6.03 Å². The fourth-order valence-corrected chi connectivity index (χ4v) is 3.54. The molecule has 1 heterocycles. The Morgan fingerprint density at radius 3 is 2.36 bits per heavy atom. The Bertz CT molecular complexity index is 735.